The molecule has 1 saturated carbocycles. The minimum Gasteiger partial charge on any atom is -0.425 e. The second-order valence-corrected chi connectivity index (χ2v) is 9.44. The fourth-order valence-electron chi connectivity index (χ4n) is 4.73. The van der Waals surface area contributed by atoms with E-state index >= 15 is 0 Å². The minimum absolute atomic E-state index is 0.0175. The molecular weight excluding hydrogens is 462 g/mol. The predicted molar refractivity (Wildman–Crippen MR) is 136 cm³/mol. The fourth-order valence-corrected chi connectivity index (χ4v) is 4.86. The summed E-state index contributed by atoms with van der Waals surface area (Å²) in [5, 5.41) is 0.700. The van der Waals surface area contributed by atoms with Gasteiger partial charge in [0.2, 0.25) is 5.91 Å². The number of anilines is 1. The molecule has 35 heavy (non-hydrogen) atoms. The molecule has 0 unspecified atom stereocenters. The molecule has 1 fully saturated rings. The number of fused-ring (bicyclic) bond motifs is 1. The van der Waals surface area contributed by atoms with Crippen molar-refractivity contribution in [2.45, 2.75) is 38.6 Å². The van der Waals surface area contributed by atoms with E-state index in [1.54, 1.807) is 17.0 Å². The highest BCUT2D eigenvalue weighted by atomic mass is 35.5. The van der Waals surface area contributed by atoms with Gasteiger partial charge < -0.3 is 14.4 Å². The molecule has 1 aliphatic heterocycles. The number of ether oxygens (including phenoxy) is 2. The number of benzene rings is 3. The minimum atomic E-state index is -0.532. The van der Waals surface area contributed by atoms with Crippen LogP contribution in [-0.2, 0) is 16.1 Å². The number of esters is 1. The SMILES string of the molecule is C=C1OC(=O)c2cc(N(Cc3ccc(-c4ccc(Cl)cc4)cc3)C(=O)C3CCCCC3)ccc2O1. The van der Waals surface area contributed by atoms with Crippen LogP contribution in [0.3, 0.4) is 0 Å². The average Bonchev–Trinajstić information content (AvgIpc) is 2.88. The largest absolute Gasteiger partial charge is 0.425 e. The lowest BCUT2D eigenvalue weighted by Gasteiger charge is -2.30. The molecule has 5 rings (SSSR count). The summed E-state index contributed by atoms with van der Waals surface area (Å²) in [7, 11) is 0. The lowest BCUT2D eigenvalue weighted by Crippen LogP contribution is -2.37. The zero-order valence-corrected chi connectivity index (χ0v) is 20.1. The number of hydrogen-bond donors (Lipinski definition) is 0. The zero-order chi connectivity index (χ0) is 24.4. The Labute approximate surface area is 209 Å². The van der Waals surface area contributed by atoms with Gasteiger partial charge in [-0.1, -0.05) is 67.3 Å². The number of rotatable bonds is 5. The van der Waals surface area contributed by atoms with E-state index in [0.29, 0.717) is 23.0 Å². The van der Waals surface area contributed by atoms with E-state index in [4.69, 9.17) is 21.1 Å². The average molecular weight is 488 g/mol. The Kier molecular flexibility index (Phi) is 6.60. The summed E-state index contributed by atoms with van der Waals surface area (Å²) in [6.45, 7) is 3.96. The fraction of sp³-hybridized carbons (Fsp3) is 0.241. The van der Waals surface area contributed by atoms with Crippen molar-refractivity contribution in [3.63, 3.8) is 0 Å². The molecule has 2 aliphatic rings. The molecule has 3 aromatic carbocycles. The molecule has 3 aromatic rings. The summed E-state index contributed by atoms with van der Waals surface area (Å²) in [5.41, 5.74) is 4.08. The van der Waals surface area contributed by atoms with Crippen molar-refractivity contribution >= 4 is 29.2 Å². The van der Waals surface area contributed by atoms with Crippen LogP contribution in [0, 0.1) is 5.92 Å². The van der Waals surface area contributed by atoms with Crippen LogP contribution < -0.4 is 9.64 Å². The Balaban J connectivity index is 1.44. The van der Waals surface area contributed by atoms with Gasteiger partial charge in [0.1, 0.15) is 11.3 Å². The topological polar surface area (TPSA) is 55.8 Å². The van der Waals surface area contributed by atoms with E-state index in [1.807, 2.05) is 54.6 Å². The normalized spacial score (nSPS) is 15.7. The molecule has 0 saturated heterocycles. The molecule has 1 amide bonds. The molecule has 0 aromatic heterocycles. The Morgan fingerprint density at radius 2 is 1.57 bits per heavy atom. The third-order valence-electron chi connectivity index (χ3n) is 6.62. The zero-order valence-electron chi connectivity index (χ0n) is 19.3. The van der Waals surface area contributed by atoms with E-state index in [1.165, 1.54) is 6.42 Å². The number of nitrogens with zero attached hydrogens (tertiary/aromatic N) is 1. The first-order valence-electron chi connectivity index (χ1n) is 11.9. The lowest BCUT2D eigenvalue weighted by molar-refractivity contribution is -0.123. The van der Waals surface area contributed by atoms with Crippen molar-refractivity contribution in [3.8, 4) is 16.9 Å². The summed E-state index contributed by atoms with van der Waals surface area (Å²) in [6, 6.07) is 21.1. The number of cyclic esters (lactones) is 1. The van der Waals surface area contributed by atoms with Gasteiger partial charge in [0.25, 0.3) is 5.95 Å². The van der Waals surface area contributed by atoms with Crippen molar-refractivity contribution in [1.82, 2.24) is 0 Å². The summed E-state index contributed by atoms with van der Waals surface area (Å²) in [6.07, 6.45) is 5.07. The first kappa shape index (κ1) is 23.2. The molecule has 0 bridgehead atoms. The summed E-state index contributed by atoms with van der Waals surface area (Å²) in [5.74, 6) is -0.133. The Bertz CT molecular complexity index is 1260. The third kappa shape index (κ3) is 5.10. The highest BCUT2D eigenvalue weighted by Gasteiger charge is 2.30. The summed E-state index contributed by atoms with van der Waals surface area (Å²) < 4.78 is 10.5. The van der Waals surface area contributed by atoms with Crippen molar-refractivity contribution in [3.05, 3.63) is 95.4 Å². The second-order valence-electron chi connectivity index (χ2n) is 9.01. The van der Waals surface area contributed by atoms with Gasteiger partial charge in [-0.3, -0.25) is 4.79 Å². The van der Waals surface area contributed by atoms with Crippen molar-refractivity contribution in [2.75, 3.05) is 4.90 Å². The number of hydrogen-bond acceptors (Lipinski definition) is 4. The summed E-state index contributed by atoms with van der Waals surface area (Å²) in [4.78, 5) is 27.9. The molecule has 0 atom stereocenters. The molecule has 0 N–H and O–H groups in total. The number of carbonyl (C=O) groups excluding carboxylic acids is 2. The van der Waals surface area contributed by atoms with Gasteiger partial charge >= 0.3 is 5.97 Å². The Morgan fingerprint density at radius 3 is 2.26 bits per heavy atom. The number of amides is 1. The van der Waals surface area contributed by atoms with E-state index in [2.05, 4.69) is 6.58 Å². The maximum absolute atomic E-state index is 13.7. The van der Waals surface area contributed by atoms with Gasteiger partial charge in [0.15, 0.2) is 0 Å². The van der Waals surface area contributed by atoms with Crippen molar-refractivity contribution in [1.29, 1.82) is 0 Å². The van der Waals surface area contributed by atoms with Crippen LogP contribution in [0.5, 0.6) is 5.75 Å². The van der Waals surface area contributed by atoms with Crippen molar-refractivity contribution in [2.24, 2.45) is 5.92 Å². The molecular formula is C29H26ClNO4. The molecule has 178 valence electrons. The van der Waals surface area contributed by atoms with Crippen LogP contribution in [0.2, 0.25) is 5.02 Å². The second kappa shape index (κ2) is 9.96. The van der Waals surface area contributed by atoms with E-state index < -0.39 is 5.97 Å². The smallest absolute Gasteiger partial charge is 0.349 e. The molecule has 1 heterocycles. The van der Waals surface area contributed by atoms with Crippen LogP contribution >= 0.6 is 11.6 Å². The van der Waals surface area contributed by atoms with Gasteiger partial charge in [-0.2, -0.15) is 0 Å². The number of carbonyl (C=O) groups is 2. The first-order valence-corrected chi connectivity index (χ1v) is 12.2. The Hall–Kier alpha value is -3.57. The van der Waals surface area contributed by atoms with Gasteiger partial charge in [-0.05, 0) is 66.4 Å². The van der Waals surface area contributed by atoms with E-state index in [9.17, 15) is 9.59 Å². The van der Waals surface area contributed by atoms with Crippen LogP contribution in [-0.4, -0.2) is 11.9 Å². The van der Waals surface area contributed by atoms with Gasteiger partial charge in [-0.25, -0.2) is 4.79 Å². The summed E-state index contributed by atoms with van der Waals surface area (Å²) >= 11 is 6.02. The van der Waals surface area contributed by atoms with Crippen LogP contribution in [0.4, 0.5) is 5.69 Å². The quantitative estimate of drug-likeness (QED) is 0.359. The van der Waals surface area contributed by atoms with Gasteiger partial charge in [0.05, 0.1) is 6.54 Å². The van der Waals surface area contributed by atoms with E-state index in [0.717, 1.165) is 42.4 Å². The Morgan fingerprint density at radius 1 is 0.914 bits per heavy atom. The molecule has 5 nitrogen and oxygen atoms in total. The first-order chi connectivity index (χ1) is 17.0. The van der Waals surface area contributed by atoms with E-state index in [-0.39, 0.29) is 23.3 Å². The van der Waals surface area contributed by atoms with Gasteiger partial charge in [0, 0.05) is 16.6 Å². The van der Waals surface area contributed by atoms with Crippen LogP contribution in [0.1, 0.15) is 48.0 Å². The maximum Gasteiger partial charge on any atom is 0.349 e. The highest BCUT2D eigenvalue weighted by molar-refractivity contribution is 6.30. The monoisotopic (exact) mass is 487 g/mol. The van der Waals surface area contributed by atoms with Crippen molar-refractivity contribution < 1.29 is 19.1 Å². The highest BCUT2D eigenvalue weighted by Crippen LogP contribution is 2.34. The molecule has 0 spiro atoms. The maximum atomic E-state index is 13.7. The van der Waals surface area contributed by atoms with Gasteiger partial charge in [-0.15, -0.1) is 0 Å². The van der Waals surface area contributed by atoms with Crippen LogP contribution in [0.15, 0.2) is 79.3 Å². The molecule has 1 aliphatic carbocycles. The predicted octanol–water partition coefficient (Wildman–Crippen LogP) is 7.14. The molecule has 6 heteroatoms. The third-order valence-corrected chi connectivity index (χ3v) is 6.87. The van der Waals surface area contributed by atoms with Crippen LogP contribution in [0.25, 0.3) is 11.1 Å². The standard InChI is InChI=1S/C29H26ClNO4/c1-19-34-27-16-15-25(17-26(27)29(33)35-19)31(28(32)23-5-3-2-4-6-23)18-20-7-9-21(10-8-20)22-11-13-24(30)14-12-22/h7-17,23H,1-6,18H2. The number of halogens is 1. The lowest BCUT2D eigenvalue weighted by atomic mass is 9.88. The molecule has 0 radical (unpaired) electrons.